The number of aromatic nitrogens is 2. The summed E-state index contributed by atoms with van der Waals surface area (Å²) in [4.78, 5) is 2.34. The third kappa shape index (κ3) is 2.84. The predicted octanol–water partition coefficient (Wildman–Crippen LogP) is 2.54. The first kappa shape index (κ1) is 12.0. The second-order valence-electron chi connectivity index (χ2n) is 5.19. The van der Waals surface area contributed by atoms with E-state index in [0.29, 0.717) is 6.04 Å². The van der Waals surface area contributed by atoms with Crippen molar-refractivity contribution in [2.75, 3.05) is 10.6 Å². The molecule has 0 amide bonds. The van der Waals surface area contributed by atoms with Crippen LogP contribution in [0.1, 0.15) is 24.0 Å². The van der Waals surface area contributed by atoms with Crippen molar-refractivity contribution >= 4 is 11.5 Å². The Morgan fingerprint density at radius 2 is 2.00 bits per heavy atom. The Balaban J connectivity index is 1.83. The van der Waals surface area contributed by atoms with Crippen molar-refractivity contribution in [3.8, 4) is 0 Å². The van der Waals surface area contributed by atoms with Crippen molar-refractivity contribution < 1.29 is 0 Å². The highest BCUT2D eigenvalue weighted by atomic mass is 15.3. The zero-order valence-corrected chi connectivity index (χ0v) is 11.1. The molecule has 4 nitrogen and oxygen atoms in total. The highest BCUT2D eigenvalue weighted by Crippen LogP contribution is 2.32. The van der Waals surface area contributed by atoms with Crippen molar-refractivity contribution in [2.24, 2.45) is 0 Å². The van der Waals surface area contributed by atoms with E-state index in [4.69, 9.17) is 5.73 Å². The number of benzene rings is 1. The second-order valence-corrected chi connectivity index (χ2v) is 5.19. The third-order valence-electron chi connectivity index (χ3n) is 3.39. The molecule has 19 heavy (non-hydrogen) atoms. The molecule has 4 heteroatoms. The molecule has 1 aromatic heterocycles. The number of rotatable bonds is 4. The standard InChI is InChI=1S/C15H18N4/c1-11-8-15(18-17-9-11)19(14-6-7-14)10-12-2-4-13(16)5-3-12/h2-5,8-9,14H,6-7,10,16H2,1H3. The zero-order valence-electron chi connectivity index (χ0n) is 11.1. The summed E-state index contributed by atoms with van der Waals surface area (Å²) in [6.45, 7) is 2.91. The zero-order chi connectivity index (χ0) is 13.2. The van der Waals surface area contributed by atoms with Crippen LogP contribution in [0.4, 0.5) is 11.5 Å². The van der Waals surface area contributed by atoms with Gasteiger partial charge in [-0.25, -0.2) is 0 Å². The van der Waals surface area contributed by atoms with Crippen LogP contribution in [-0.2, 0) is 6.54 Å². The molecule has 2 N–H and O–H groups in total. The normalized spacial score (nSPS) is 14.4. The lowest BCUT2D eigenvalue weighted by molar-refractivity contribution is 0.762. The van der Waals surface area contributed by atoms with Crippen molar-refractivity contribution in [3.05, 3.63) is 47.7 Å². The van der Waals surface area contributed by atoms with E-state index < -0.39 is 0 Å². The summed E-state index contributed by atoms with van der Waals surface area (Å²) in [7, 11) is 0. The van der Waals surface area contributed by atoms with Crippen LogP contribution in [0, 0.1) is 6.92 Å². The largest absolute Gasteiger partial charge is 0.399 e. The van der Waals surface area contributed by atoms with Gasteiger partial charge in [0, 0.05) is 18.3 Å². The van der Waals surface area contributed by atoms with Crippen LogP contribution in [0.25, 0.3) is 0 Å². The van der Waals surface area contributed by atoms with Crippen LogP contribution >= 0.6 is 0 Å². The molecule has 0 radical (unpaired) electrons. The van der Waals surface area contributed by atoms with E-state index in [0.717, 1.165) is 23.6 Å². The molecule has 98 valence electrons. The van der Waals surface area contributed by atoms with Crippen molar-refractivity contribution in [1.82, 2.24) is 10.2 Å². The smallest absolute Gasteiger partial charge is 0.152 e. The van der Waals surface area contributed by atoms with E-state index in [-0.39, 0.29) is 0 Å². The van der Waals surface area contributed by atoms with Crippen LogP contribution in [0.2, 0.25) is 0 Å². The van der Waals surface area contributed by atoms with Crippen LogP contribution in [0.15, 0.2) is 36.5 Å². The Morgan fingerprint density at radius 3 is 2.63 bits per heavy atom. The van der Waals surface area contributed by atoms with E-state index >= 15 is 0 Å². The highest BCUT2D eigenvalue weighted by Gasteiger charge is 2.30. The Bertz CT molecular complexity index is 561. The molecule has 0 unspecified atom stereocenters. The molecule has 0 atom stereocenters. The Morgan fingerprint density at radius 1 is 1.26 bits per heavy atom. The van der Waals surface area contributed by atoms with Gasteiger partial charge in [0.1, 0.15) is 0 Å². The molecule has 1 aliphatic rings. The Hall–Kier alpha value is -2.10. The fourth-order valence-electron chi connectivity index (χ4n) is 2.19. The maximum atomic E-state index is 5.72. The molecule has 1 saturated carbocycles. The van der Waals surface area contributed by atoms with Gasteiger partial charge in [0.25, 0.3) is 0 Å². The first-order chi connectivity index (χ1) is 9.22. The Labute approximate surface area is 113 Å². The number of anilines is 2. The minimum atomic E-state index is 0.605. The van der Waals surface area contributed by atoms with Gasteiger partial charge in [-0.2, -0.15) is 5.10 Å². The molecule has 0 aliphatic heterocycles. The molecular weight excluding hydrogens is 236 g/mol. The van der Waals surface area contributed by atoms with E-state index in [2.05, 4.69) is 33.3 Å². The predicted molar refractivity (Wildman–Crippen MR) is 76.8 cm³/mol. The summed E-state index contributed by atoms with van der Waals surface area (Å²) < 4.78 is 0. The van der Waals surface area contributed by atoms with Gasteiger partial charge >= 0.3 is 0 Å². The quantitative estimate of drug-likeness (QED) is 0.852. The number of nitrogens with two attached hydrogens (primary N) is 1. The molecule has 1 aromatic carbocycles. The molecule has 1 aliphatic carbocycles. The summed E-state index contributed by atoms with van der Waals surface area (Å²) in [5.74, 6) is 0.972. The summed E-state index contributed by atoms with van der Waals surface area (Å²) >= 11 is 0. The summed E-state index contributed by atoms with van der Waals surface area (Å²) in [5, 5.41) is 8.33. The number of hydrogen-bond acceptors (Lipinski definition) is 4. The fourth-order valence-corrected chi connectivity index (χ4v) is 2.19. The number of aryl methyl sites for hydroxylation is 1. The van der Waals surface area contributed by atoms with E-state index in [1.165, 1.54) is 18.4 Å². The fraction of sp³-hybridized carbons (Fsp3) is 0.333. The van der Waals surface area contributed by atoms with Gasteiger partial charge in [0.15, 0.2) is 5.82 Å². The van der Waals surface area contributed by atoms with Gasteiger partial charge in [-0.05, 0) is 49.1 Å². The summed E-state index contributed by atoms with van der Waals surface area (Å²) in [5.41, 5.74) is 8.93. The average molecular weight is 254 g/mol. The molecule has 1 heterocycles. The highest BCUT2D eigenvalue weighted by molar-refractivity contribution is 5.45. The molecule has 2 aromatic rings. The minimum absolute atomic E-state index is 0.605. The first-order valence-electron chi connectivity index (χ1n) is 6.63. The number of nitrogens with zero attached hydrogens (tertiary/aromatic N) is 3. The molecule has 0 bridgehead atoms. The minimum Gasteiger partial charge on any atom is -0.399 e. The molecular formula is C15H18N4. The van der Waals surface area contributed by atoms with Crippen LogP contribution in [0.3, 0.4) is 0 Å². The van der Waals surface area contributed by atoms with Gasteiger partial charge in [-0.15, -0.1) is 5.10 Å². The van der Waals surface area contributed by atoms with E-state index in [1.54, 1.807) is 6.20 Å². The lowest BCUT2D eigenvalue weighted by Crippen LogP contribution is -2.26. The molecule has 0 spiro atoms. The van der Waals surface area contributed by atoms with Gasteiger partial charge in [-0.3, -0.25) is 0 Å². The molecule has 3 rings (SSSR count). The lowest BCUT2D eigenvalue weighted by atomic mass is 10.2. The number of hydrogen-bond donors (Lipinski definition) is 1. The number of nitrogen functional groups attached to an aromatic ring is 1. The van der Waals surface area contributed by atoms with Crippen molar-refractivity contribution in [1.29, 1.82) is 0 Å². The van der Waals surface area contributed by atoms with Gasteiger partial charge in [0.05, 0.1) is 6.20 Å². The van der Waals surface area contributed by atoms with Crippen molar-refractivity contribution in [2.45, 2.75) is 32.4 Å². The van der Waals surface area contributed by atoms with Crippen LogP contribution in [-0.4, -0.2) is 16.2 Å². The second kappa shape index (κ2) is 4.88. The SMILES string of the molecule is Cc1cnnc(N(Cc2ccc(N)cc2)C2CC2)c1. The topological polar surface area (TPSA) is 55.0 Å². The van der Waals surface area contributed by atoms with Gasteiger partial charge < -0.3 is 10.6 Å². The maximum absolute atomic E-state index is 5.72. The summed E-state index contributed by atoms with van der Waals surface area (Å²) in [6, 6.07) is 10.8. The van der Waals surface area contributed by atoms with Gasteiger partial charge in [-0.1, -0.05) is 12.1 Å². The molecule has 0 saturated heterocycles. The third-order valence-corrected chi connectivity index (χ3v) is 3.39. The van der Waals surface area contributed by atoms with Crippen LogP contribution in [0.5, 0.6) is 0 Å². The van der Waals surface area contributed by atoms with Crippen LogP contribution < -0.4 is 10.6 Å². The molecule has 1 fully saturated rings. The van der Waals surface area contributed by atoms with Gasteiger partial charge in [0.2, 0.25) is 0 Å². The monoisotopic (exact) mass is 254 g/mol. The first-order valence-corrected chi connectivity index (χ1v) is 6.63. The summed E-state index contributed by atoms with van der Waals surface area (Å²) in [6.07, 6.45) is 4.27. The maximum Gasteiger partial charge on any atom is 0.152 e. The van der Waals surface area contributed by atoms with Crippen molar-refractivity contribution in [3.63, 3.8) is 0 Å². The Kier molecular flexibility index (Phi) is 3.07. The van der Waals surface area contributed by atoms with E-state index in [9.17, 15) is 0 Å². The average Bonchev–Trinajstić information content (AvgIpc) is 3.22. The van der Waals surface area contributed by atoms with E-state index in [1.807, 2.05) is 19.1 Å². The lowest BCUT2D eigenvalue weighted by Gasteiger charge is -2.23.